The molecule has 0 fully saturated rings. The quantitative estimate of drug-likeness (QED) is 0.264. The van der Waals surface area contributed by atoms with E-state index in [1.807, 2.05) is 0 Å². The summed E-state index contributed by atoms with van der Waals surface area (Å²) in [4.78, 5) is 38.7. The number of carbonyl (C=O) groups excluding carboxylic acids is 2. The number of benzene rings is 1. The molecule has 0 bridgehead atoms. The molecule has 1 aliphatic rings. The van der Waals surface area contributed by atoms with Gasteiger partial charge in [-0.2, -0.15) is 0 Å². The lowest BCUT2D eigenvalue weighted by atomic mass is 9.96. The average Bonchev–Trinajstić information content (AvgIpc) is 3.38. The summed E-state index contributed by atoms with van der Waals surface area (Å²) in [5.74, 6) is 0.397. The fourth-order valence-corrected chi connectivity index (χ4v) is 6.25. The molecule has 1 aliphatic carbocycles. The number of ether oxygens (including phenoxy) is 2. The smallest absolute Gasteiger partial charge is 0.442 e. The van der Waals surface area contributed by atoms with E-state index in [9.17, 15) is 14.4 Å². The number of H-pyrrole nitrogens is 1. The van der Waals surface area contributed by atoms with Crippen molar-refractivity contribution in [2.45, 2.75) is 50.0 Å². The molecule has 2 heterocycles. The Morgan fingerprint density at radius 1 is 1.14 bits per heavy atom. The van der Waals surface area contributed by atoms with E-state index in [-0.39, 0.29) is 12.3 Å². The van der Waals surface area contributed by atoms with Crippen molar-refractivity contribution in [1.82, 2.24) is 5.27 Å². The third-order valence-electron chi connectivity index (χ3n) is 5.82. The summed E-state index contributed by atoms with van der Waals surface area (Å²) in [7, 11) is 2.94. The number of fused-ring (bicyclic) bond motifs is 1. The highest BCUT2D eigenvalue weighted by atomic mass is 32.2. The van der Waals surface area contributed by atoms with E-state index in [2.05, 4.69) is 10.6 Å². The standard InChI is InChI=1S/C24H27N3O6S2/c1-31-16-11-9-15(10-12-16)27-22(24(30)33-26-27)34-14-13-19(28)25-21-20(23(29)32-2)17-7-5-3-4-6-8-18(17)35-21/h9-12H,3-8,13-14H2,1-2H3,(H-,25,26,28,29,30)/p+1. The SMILES string of the molecule is COC(=O)c1c(NC(=O)CCSc2c(=O)o[nH][n+]2-c2ccc(OC)cc2)sc2c1CCCCCC2. The number of carbonyl (C=O) groups is 2. The van der Waals surface area contributed by atoms with E-state index < -0.39 is 11.6 Å². The van der Waals surface area contributed by atoms with Gasteiger partial charge in [0, 0.05) is 29.2 Å². The molecule has 4 rings (SSSR count). The number of amides is 1. The number of rotatable bonds is 8. The summed E-state index contributed by atoms with van der Waals surface area (Å²) < 4.78 is 16.7. The maximum atomic E-state index is 12.8. The average molecular weight is 519 g/mol. The first kappa shape index (κ1) is 25.1. The predicted molar refractivity (Wildman–Crippen MR) is 133 cm³/mol. The first-order valence-corrected chi connectivity index (χ1v) is 13.3. The van der Waals surface area contributed by atoms with Crippen molar-refractivity contribution < 1.29 is 28.3 Å². The highest BCUT2D eigenvalue weighted by Gasteiger charge is 2.27. The van der Waals surface area contributed by atoms with Gasteiger partial charge in [0.2, 0.25) is 11.6 Å². The van der Waals surface area contributed by atoms with Crippen LogP contribution in [0.15, 0.2) is 38.6 Å². The van der Waals surface area contributed by atoms with Crippen LogP contribution in [0.1, 0.15) is 52.9 Å². The molecule has 9 nitrogen and oxygen atoms in total. The summed E-state index contributed by atoms with van der Waals surface area (Å²) in [6.45, 7) is 0. The molecule has 0 aliphatic heterocycles. The summed E-state index contributed by atoms with van der Waals surface area (Å²) in [5.41, 5.74) is 1.68. The van der Waals surface area contributed by atoms with Gasteiger partial charge in [-0.3, -0.25) is 9.32 Å². The van der Waals surface area contributed by atoms with Crippen LogP contribution >= 0.6 is 23.1 Å². The topological polar surface area (TPSA) is 115 Å². The highest BCUT2D eigenvalue weighted by molar-refractivity contribution is 7.99. The van der Waals surface area contributed by atoms with Crippen LogP contribution < -0.4 is 20.4 Å². The minimum atomic E-state index is -0.516. The van der Waals surface area contributed by atoms with Crippen molar-refractivity contribution in [2.75, 3.05) is 25.3 Å². The molecule has 186 valence electrons. The highest BCUT2D eigenvalue weighted by Crippen LogP contribution is 2.37. The Morgan fingerprint density at radius 2 is 1.89 bits per heavy atom. The number of hydrogen-bond acceptors (Lipinski definition) is 8. The van der Waals surface area contributed by atoms with E-state index in [1.165, 1.54) is 41.3 Å². The molecule has 1 aromatic carbocycles. The molecule has 0 unspecified atom stereocenters. The third-order valence-corrected chi connectivity index (χ3v) is 8.06. The molecule has 0 atom stereocenters. The zero-order valence-electron chi connectivity index (χ0n) is 19.7. The first-order chi connectivity index (χ1) is 17.0. The van der Waals surface area contributed by atoms with Crippen molar-refractivity contribution in [2.24, 2.45) is 0 Å². The van der Waals surface area contributed by atoms with Gasteiger partial charge in [-0.25, -0.2) is 9.59 Å². The third kappa shape index (κ3) is 5.79. The van der Waals surface area contributed by atoms with Gasteiger partial charge in [0.05, 0.1) is 19.8 Å². The van der Waals surface area contributed by atoms with Crippen LogP contribution in [-0.2, 0) is 22.4 Å². The van der Waals surface area contributed by atoms with Gasteiger partial charge in [0.1, 0.15) is 10.8 Å². The lowest BCUT2D eigenvalue weighted by Crippen LogP contribution is -2.36. The molecule has 11 heteroatoms. The van der Waals surface area contributed by atoms with Crippen molar-refractivity contribution in [1.29, 1.82) is 0 Å². The van der Waals surface area contributed by atoms with Crippen molar-refractivity contribution in [3.63, 3.8) is 0 Å². The lowest BCUT2D eigenvalue weighted by molar-refractivity contribution is -0.704. The second-order valence-electron chi connectivity index (χ2n) is 8.08. The number of anilines is 1. The maximum Gasteiger partial charge on any atom is 0.442 e. The van der Waals surface area contributed by atoms with Gasteiger partial charge in [0.15, 0.2) is 0 Å². The van der Waals surface area contributed by atoms with E-state index in [1.54, 1.807) is 31.4 Å². The Hall–Kier alpha value is -3.05. The number of esters is 1. The molecule has 1 amide bonds. The molecule has 3 aromatic rings. The first-order valence-electron chi connectivity index (χ1n) is 11.4. The Labute approximate surface area is 210 Å². The number of aryl methyl sites for hydroxylation is 1. The molecule has 0 saturated heterocycles. The molecule has 0 spiro atoms. The Kier molecular flexibility index (Phi) is 8.29. The second kappa shape index (κ2) is 11.6. The lowest BCUT2D eigenvalue weighted by Gasteiger charge is -2.10. The summed E-state index contributed by atoms with van der Waals surface area (Å²) >= 11 is 2.69. The van der Waals surface area contributed by atoms with Crippen molar-refractivity contribution in [3.05, 3.63) is 50.7 Å². The maximum absolute atomic E-state index is 12.8. The van der Waals surface area contributed by atoms with Crippen LogP contribution in [0.2, 0.25) is 0 Å². The Bertz CT molecular complexity index is 1250. The fourth-order valence-electron chi connectivity index (χ4n) is 4.04. The Morgan fingerprint density at radius 3 is 2.60 bits per heavy atom. The molecule has 0 radical (unpaired) electrons. The number of aromatic amines is 1. The van der Waals surface area contributed by atoms with Crippen LogP contribution in [-0.4, -0.2) is 37.1 Å². The number of thioether (sulfide) groups is 1. The largest absolute Gasteiger partial charge is 0.497 e. The molecular weight excluding hydrogens is 490 g/mol. The fraction of sp³-hybridized carbons (Fsp3) is 0.417. The minimum absolute atomic E-state index is 0.154. The molecule has 2 N–H and O–H groups in total. The van der Waals surface area contributed by atoms with Gasteiger partial charge < -0.3 is 14.8 Å². The van der Waals surface area contributed by atoms with Gasteiger partial charge in [-0.1, -0.05) is 12.8 Å². The summed E-state index contributed by atoms with van der Waals surface area (Å²) in [6.07, 6.45) is 6.28. The van der Waals surface area contributed by atoms with Crippen molar-refractivity contribution >= 4 is 40.0 Å². The molecular formula is C24H28N3O6S2+. The van der Waals surface area contributed by atoms with E-state index >= 15 is 0 Å². The van der Waals surface area contributed by atoms with Crippen LogP contribution in [0.4, 0.5) is 5.00 Å². The number of nitrogens with one attached hydrogen (secondary N) is 2. The van der Waals surface area contributed by atoms with Crippen LogP contribution in [0.5, 0.6) is 5.75 Å². The van der Waals surface area contributed by atoms with Crippen LogP contribution in [0.3, 0.4) is 0 Å². The number of hydrogen-bond donors (Lipinski definition) is 2. The van der Waals surface area contributed by atoms with Gasteiger partial charge in [0.25, 0.3) is 0 Å². The second-order valence-corrected chi connectivity index (χ2v) is 10.3. The van der Waals surface area contributed by atoms with E-state index in [0.29, 0.717) is 32.8 Å². The van der Waals surface area contributed by atoms with Crippen molar-refractivity contribution in [3.8, 4) is 11.4 Å². The normalized spacial score (nSPS) is 13.4. The summed E-state index contributed by atoms with van der Waals surface area (Å²) in [5, 5.41) is 6.38. The number of aromatic nitrogens is 2. The molecule has 0 saturated carbocycles. The van der Waals surface area contributed by atoms with Gasteiger partial charge >= 0.3 is 16.6 Å². The zero-order valence-corrected chi connectivity index (χ0v) is 21.3. The molecule has 35 heavy (non-hydrogen) atoms. The number of methoxy groups -OCH3 is 2. The van der Waals surface area contributed by atoms with Crippen LogP contribution in [0.25, 0.3) is 5.69 Å². The Balaban J connectivity index is 1.43. The number of thiophene rings is 1. The van der Waals surface area contributed by atoms with Crippen LogP contribution in [0, 0.1) is 0 Å². The monoisotopic (exact) mass is 518 g/mol. The predicted octanol–water partition coefficient (Wildman–Crippen LogP) is 3.88. The molecule has 2 aromatic heterocycles. The van der Waals surface area contributed by atoms with Gasteiger partial charge in [-0.05, 0) is 65.1 Å². The van der Waals surface area contributed by atoms with Gasteiger partial charge in [-0.15, -0.1) is 11.3 Å². The van der Waals surface area contributed by atoms with E-state index in [4.69, 9.17) is 14.0 Å². The minimum Gasteiger partial charge on any atom is -0.497 e. The zero-order chi connectivity index (χ0) is 24.8. The van der Waals surface area contributed by atoms with E-state index in [0.717, 1.165) is 42.5 Å². The number of nitrogens with zero attached hydrogens (tertiary/aromatic N) is 1. The summed E-state index contributed by atoms with van der Waals surface area (Å²) in [6, 6.07) is 7.13.